The number of furan rings is 1. The van der Waals surface area contributed by atoms with E-state index in [0.717, 1.165) is 26.8 Å². The fraction of sp³-hybridized carbons (Fsp3) is 0. The third-order valence-corrected chi connectivity index (χ3v) is 9.34. The van der Waals surface area contributed by atoms with Gasteiger partial charge < -0.3 is 8.98 Å². The van der Waals surface area contributed by atoms with Crippen LogP contribution in [-0.4, -0.2) is 19.5 Å². The molecule has 0 N–H and O–H groups in total. The van der Waals surface area contributed by atoms with Crippen LogP contribution in [0, 0.1) is 0 Å². The van der Waals surface area contributed by atoms with E-state index < -0.39 is 165 Å². The van der Waals surface area contributed by atoms with Crippen molar-refractivity contribution in [1.82, 2.24) is 19.5 Å². The maximum Gasteiger partial charge on any atom is 0.164 e. The van der Waals surface area contributed by atoms with E-state index in [1.807, 2.05) is 54.6 Å². The van der Waals surface area contributed by atoms with E-state index in [9.17, 15) is 9.60 Å². The number of hydrogen-bond donors (Lipinski definition) is 0. The molecular weight excluding hydrogens is 685 g/mol. The fourth-order valence-electron chi connectivity index (χ4n) is 6.78. The third kappa shape index (κ3) is 5.37. The van der Waals surface area contributed by atoms with Crippen LogP contribution in [0.2, 0.25) is 0 Å². The molecule has 0 saturated heterocycles. The summed E-state index contributed by atoms with van der Waals surface area (Å²) in [6, 6.07) is 10.5. The number of hydrogen-bond acceptors (Lipinski definition) is 4. The summed E-state index contributed by atoms with van der Waals surface area (Å²) in [6.07, 6.45) is 0. The molecule has 11 rings (SSSR count). The molecule has 0 fully saturated rings. The topological polar surface area (TPSA) is 56.7 Å². The smallest absolute Gasteiger partial charge is 0.164 e. The van der Waals surface area contributed by atoms with E-state index in [0.29, 0.717) is 0 Å². The molecule has 8 aromatic carbocycles. The summed E-state index contributed by atoms with van der Waals surface area (Å²) in [6.45, 7) is 0. The number of fused-ring (bicyclic) bond motifs is 6. The highest BCUT2D eigenvalue weighted by Crippen LogP contribution is 2.39. The minimum absolute atomic E-state index is 0.186. The molecule has 0 unspecified atom stereocenters. The van der Waals surface area contributed by atoms with Crippen molar-refractivity contribution in [3.63, 3.8) is 0 Å². The van der Waals surface area contributed by atoms with Gasteiger partial charge in [0.1, 0.15) is 11.2 Å². The number of para-hydroxylation sites is 3. The molecule has 5 nitrogen and oxygen atoms in total. The second kappa shape index (κ2) is 13.0. The molecule has 0 bridgehead atoms. The zero-order chi connectivity index (χ0) is 53.5. The second-order valence-electron chi connectivity index (χ2n) is 12.6. The summed E-state index contributed by atoms with van der Waals surface area (Å²) in [7, 11) is 0. The lowest BCUT2D eigenvalue weighted by Gasteiger charge is -2.11. The van der Waals surface area contributed by atoms with Gasteiger partial charge in [-0.25, -0.2) is 15.0 Å². The molecule has 3 aromatic heterocycles. The number of aromatic nitrogens is 4. The SMILES string of the molecule is [2H]c1c([2H])c([2H])c(-n2c3c([2H])c([2H])c([2H])c([2H])c3c3c(-c4nc(-c5ccc(-c6cccc(-c7ccccc7)c6)cc5)nc(-c5c([2H])c([2H])c6oc7c([2H])c([2H])c([2H])c([2H])c7c6c5[2H])n4)c([2H])c([2H])c([2H])c32)c([2H])c1[2H]. The maximum atomic E-state index is 9.61. The van der Waals surface area contributed by atoms with Crippen LogP contribution in [0.1, 0.15) is 26.0 Å². The van der Waals surface area contributed by atoms with Crippen molar-refractivity contribution < 1.29 is 30.5 Å². The van der Waals surface area contributed by atoms with Gasteiger partial charge in [-0.05, 0) is 76.7 Å². The van der Waals surface area contributed by atoms with Crippen LogP contribution in [0.3, 0.4) is 0 Å². The van der Waals surface area contributed by atoms with E-state index in [-0.39, 0.29) is 33.1 Å². The summed E-state index contributed by atoms with van der Waals surface area (Å²) in [4.78, 5) is 14.2. The van der Waals surface area contributed by atoms with Crippen molar-refractivity contribution >= 4 is 43.7 Å². The van der Waals surface area contributed by atoms with Crippen LogP contribution < -0.4 is 0 Å². The van der Waals surface area contributed by atoms with Crippen molar-refractivity contribution in [2.45, 2.75) is 0 Å². The lowest BCUT2D eigenvalue weighted by atomic mass is 9.98. The van der Waals surface area contributed by atoms with Crippen molar-refractivity contribution in [2.24, 2.45) is 0 Å². The zero-order valence-electron chi connectivity index (χ0n) is 47.7. The third-order valence-electron chi connectivity index (χ3n) is 9.34. The van der Waals surface area contributed by atoms with E-state index >= 15 is 0 Å². The summed E-state index contributed by atoms with van der Waals surface area (Å²) >= 11 is 0. The highest BCUT2D eigenvalue weighted by molar-refractivity contribution is 6.15. The van der Waals surface area contributed by atoms with Gasteiger partial charge in [0, 0.05) is 43.9 Å². The molecule has 262 valence electrons. The van der Waals surface area contributed by atoms with Gasteiger partial charge in [-0.3, -0.25) is 0 Å². The molecule has 0 amide bonds. The molecule has 3 heterocycles. The standard InChI is InChI=1S/C51H32N4O/c1-3-13-33(14-4-1)36-15-11-16-37(31-36)34-25-27-35(28-26-34)49-52-50(38-29-30-47-43(32-38)40-19-8-10-24-46(40)56-47)54-51(53-49)42-21-12-23-45-48(42)41-20-7-9-22-44(41)55(45)39-17-5-2-6-18-39/h1-32H/i2D,5D,6D,7D,8D,9D,10D,12D,17D,18D,19D,20D,21D,22D,23D,24D,29D,30D,32D. The van der Waals surface area contributed by atoms with Gasteiger partial charge >= 0.3 is 0 Å². The summed E-state index contributed by atoms with van der Waals surface area (Å²) in [5.74, 6) is -1.20. The van der Waals surface area contributed by atoms with E-state index in [1.165, 1.54) is 0 Å². The fourth-order valence-corrected chi connectivity index (χ4v) is 6.78. The van der Waals surface area contributed by atoms with Crippen molar-refractivity contribution in [2.75, 3.05) is 0 Å². The highest BCUT2D eigenvalue weighted by atomic mass is 16.3. The summed E-state index contributed by atoms with van der Waals surface area (Å²) < 4.78 is 176. The van der Waals surface area contributed by atoms with Gasteiger partial charge in [0.2, 0.25) is 0 Å². The monoisotopic (exact) mass is 735 g/mol. The van der Waals surface area contributed by atoms with Gasteiger partial charge in [0.15, 0.2) is 17.5 Å². The van der Waals surface area contributed by atoms with E-state index in [2.05, 4.69) is 0 Å². The van der Waals surface area contributed by atoms with Gasteiger partial charge in [-0.1, -0.05) is 139 Å². The molecule has 0 radical (unpaired) electrons. The Kier molecular flexibility index (Phi) is 4.22. The van der Waals surface area contributed by atoms with Gasteiger partial charge in [-0.15, -0.1) is 0 Å². The lowest BCUT2D eigenvalue weighted by Crippen LogP contribution is -2.00. The van der Waals surface area contributed by atoms with Crippen LogP contribution in [-0.2, 0) is 0 Å². The number of rotatable bonds is 6. The van der Waals surface area contributed by atoms with Crippen LogP contribution in [0.15, 0.2) is 198 Å². The summed E-state index contributed by atoms with van der Waals surface area (Å²) in [5, 5.41) is -1.29. The minimum Gasteiger partial charge on any atom is -0.456 e. The average molecular weight is 736 g/mol. The molecule has 11 aromatic rings. The molecule has 0 atom stereocenters. The average Bonchev–Trinajstić information content (AvgIpc) is 3.99. The summed E-state index contributed by atoms with van der Waals surface area (Å²) in [5.41, 5.74) is 0.567. The highest BCUT2D eigenvalue weighted by Gasteiger charge is 2.20. The lowest BCUT2D eigenvalue weighted by molar-refractivity contribution is 0.669. The largest absolute Gasteiger partial charge is 0.456 e. The Morgan fingerprint density at radius 1 is 0.429 bits per heavy atom. The first-order valence-corrected chi connectivity index (χ1v) is 17.2. The van der Waals surface area contributed by atoms with E-state index in [1.54, 1.807) is 24.3 Å². The first-order valence-electron chi connectivity index (χ1n) is 26.7. The molecule has 0 aliphatic carbocycles. The maximum absolute atomic E-state index is 9.61. The molecular formula is C51H32N4O. The quantitative estimate of drug-likeness (QED) is 0.171. The Labute approximate surface area is 349 Å². The van der Waals surface area contributed by atoms with Gasteiger partial charge in [0.25, 0.3) is 0 Å². The van der Waals surface area contributed by atoms with Crippen molar-refractivity contribution in [3.8, 4) is 62.1 Å². The molecule has 0 spiro atoms. The molecule has 0 aliphatic heterocycles. The second-order valence-corrected chi connectivity index (χ2v) is 12.6. The Bertz CT molecular complexity index is 4320. The van der Waals surface area contributed by atoms with Crippen LogP contribution in [0.5, 0.6) is 0 Å². The normalized spacial score (nSPS) is 16.3. The predicted octanol–water partition coefficient (Wildman–Crippen LogP) is 13.2. The van der Waals surface area contributed by atoms with Crippen LogP contribution in [0.25, 0.3) is 106 Å². The molecule has 56 heavy (non-hydrogen) atoms. The van der Waals surface area contributed by atoms with Crippen LogP contribution in [0.4, 0.5) is 0 Å². The Hall–Kier alpha value is -7.63. The first-order chi connectivity index (χ1) is 35.7. The predicted molar refractivity (Wildman–Crippen MR) is 229 cm³/mol. The van der Waals surface area contributed by atoms with Gasteiger partial charge in [-0.2, -0.15) is 0 Å². The Morgan fingerprint density at radius 2 is 1.05 bits per heavy atom. The zero-order valence-corrected chi connectivity index (χ0v) is 28.7. The Morgan fingerprint density at radius 3 is 1.88 bits per heavy atom. The number of nitrogens with zero attached hydrogens (tertiary/aromatic N) is 4. The molecule has 0 aliphatic rings. The van der Waals surface area contributed by atoms with Gasteiger partial charge in [0.05, 0.1) is 37.1 Å². The number of benzene rings is 8. The Balaban J connectivity index is 1.26. The molecule has 0 saturated carbocycles. The molecule has 5 heteroatoms. The van der Waals surface area contributed by atoms with Crippen molar-refractivity contribution in [3.05, 3.63) is 194 Å². The van der Waals surface area contributed by atoms with Crippen molar-refractivity contribution in [1.29, 1.82) is 0 Å². The minimum atomic E-state index is -0.828. The van der Waals surface area contributed by atoms with E-state index in [4.69, 9.17) is 35.8 Å². The first kappa shape index (κ1) is 18.1. The van der Waals surface area contributed by atoms with Crippen LogP contribution >= 0.6 is 0 Å².